The number of hydrogen-bond acceptors (Lipinski definition) is 6. The Morgan fingerprint density at radius 2 is 1.88 bits per heavy atom. The lowest BCUT2D eigenvalue weighted by molar-refractivity contribution is -0.278. The van der Waals surface area contributed by atoms with Crippen molar-refractivity contribution < 1.29 is 24.8 Å². The van der Waals surface area contributed by atoms with Crippen LogP contribution in [0.25, 0.3) is 0 Å². The molecule has 0 aromatic heterocycles. The molecule has 0 aromatic rings. The number of nitrogens with zero attached hydrogens (tertiary/aromatic N) is 1. The summed E-state index contributed by atoms with van der Waals surface area (Å²) < 4.78 is 0. The summed E-state index contributed by atoms with van der Waals surface area (Å²) >= 11 is 0. The number of hydrogen-bond donors (Lipinski definition) is 3. The van der Waals surface area contributed by atoms with Gasteiger partial charge in [-0.25, -0.2) is 4.79 Å². The Labute approximate surface area is 243 Å². The molecule has 4 rings (SSSR count). The van der Waals surface area contributed by atoms with Gasteiger partial charge in [-0.2, -0.15) is 4.89 Å². The number of carbonyl (C=O) groups excluding carboxylic acids is 1. The highest BCUT2D eigenvalue weighted by Crippen LogP contribution is 2.67. The summed E-state index contributed by atoms with van der Waals surface area (Å²) in [6.45, 7) is 13.4. The second-order valence-electron chi connectivity index (χ2n) is 14.8. The quantitative estimate of drug-likeness (QED) is 0.112. The van der Waals surface area contributed by atoms with Crippen LogP contribution in [0.5, 0.6) is 0 Å². The monoisotopic (exact) mass is 562 g/mol. The molecule has 7 heteroatoms. The van der Waals surface area contributed by atoms with Gasteiger partial charge >= 0.3 is 6.09 Å². The first-order chi connectivity index (χ1) is 18.9. The second kappa shape index (κ2) is 13.4. The Morgan fingerprint density at radius 3 is 2.60 bits per heavy atom. The van der Waals surface area contributed by atoms with E-state index < -0.39 is 12.4 Å². The molecule has 4 aliphatic carbocycles. The van der Waals surface area contributed by atoms with Gasteiger partial charge in [0.2, 0.25) is 0 Å². The van der Waals surface area contributed by atoms with E-state index in [2.05, 4.69) is 46.0 Å². The largest absolute Gasteiger partial charge is 0.438 e. The van der Waals surface area contributed by atoms with Gasteiger partial charge in [-0.3, -0.25) is 9.79 Å². The average molecular weight is 563 g/mol. The minimum Gasteiger partial charge on any atom is -0.367 e. The topological polar surface area (TPSA) is 91.3 Å². The number of allylic oxidation sites excluding steroid dienone is 1. The number of nitrogens with one attached hydrogen (secondary N) is 1. The number of amides is 1. The molecule has 0 saturated heterocycles. The Balaban J connectivity index is 1.28. The average Bonchev–Trinajstić information content (AvgIpc) is 3.24. The summed E-state index contributed by atoms with van der Waals surface area (Å²) in [7, 11) is 1.76. The number of carbonyl (C=O) groups is 1. The molecule has 0 radical (unpaired) electrons. The first kappa shape index (κ1) is 31.8. The van der Waals surface area contributed by atoms with Gasteiger partial charge < -0.3 is 15.5 Å². The number of rotatable bonds is 12. The highest BCUT2D eigenvalue weighted by molar-refractivity contribution is 5.66. The molecule has 3 saturated carbocycles. The second-order valence-corrected chi connectivity index (χ2v) is 14.8. The smallest absolute Gasteiger partial charge is 0.367 e. The minimum atomic E-state index is -1.39. The highest BCUT2D eigenvalue weighted by atomic mass is 17.2. The van der Waals surface area contributed by atoms with Crippen molar-refractivity contribution >= 4 is 6.09 Å². The maximum atomic E-state index is 12.1. The fraction of sp³-hybridized carbons (Fsp3) is 0.909. The van der Waals surface area contributed by atoms with Crippen molar-refractivity contribution in [2.75, 3.05) is 26.7 Å². The molecule has 3 fully saturated rings. The first-order valence-corrected chi connectivity index (χ1v) is 16.3. The third kappa shape index (κ3) is 7.07. The van der Waals surface area contributed by atoms with Gasteiger partial charge in [-0.05, 0) is 105 Å². The standard InChI is InChI=1S/C33H58N2O5/c1-22(2)8-7-9-23(3)27-12-13-28-26-11-10-24-20-25(14-16-32(24,4)29(26)15-17-33(27,28)5)39-40-31(38)34-18-19-35(6)21-30(36)37/h10,22-23,25-30,36-37H,7-9,11-21H2,1-6H3,(H,34,38)/t23-,25+,26+,27-,28+,29+,32+,33-/m1/s1. The van der Waals surface area contributed by atoms with E-state index >= 15 is 0 Å². The van der Waals surface area contributed by atoms with Crippen LogP contribution >= 0.6 is 0 Å². The molecule has 8 atom stereocenters. The van der Waals surface area contributed by atoms with Crippen molar-refractivity contribution in [2.24, 2.45) is 46.3 Å². The summed E-state index contributed by atoms with van der Waals surface area (Å²) in [5.41, 5.74) is 2.28. The fourth-order valence-electron chi connectivity index (χ4n) is 9.59. The van der Waals surface area contributed by atoms with Crippen LogP contribution in [0.2, 0.25) is 0 Å². The van der Waals surface area contributed by atoms with E-state index in [0.29, 0.717) is 18.5 Å². The summed E-state index contributed by atoms with van der Waals surface area (Å²) in [5, 5.41) is 20.7. The van der Waals surface area contributed by atoms with Gasteiger partial charge in [0.25, 0.3) is 0 Å². The summed E-state index contributed by atoms with van der Waals surface area (Å²) in [5.74, 6) is 4.98. The van der Waals surface area contributed by atoms with Crippen LogP contribution in [0, 0.1) is 46.3 Å². The minimum absolute atomic E-state index is 0.0924. The van der Waals surface area contributed by atoms with Crippen LogP contribution in [0.3, 0.4) is 0 Å². The summed E-state index contributed by atoms with van der Waals surface area (Å²) in [6.07, 6.45) is 14.3. The van der Waals surface area contributed by atoms with Gasteiger partial charge in [-0.15, -0.1) is 0 Å². The molecule has 0 heterocycles. The van der Waals surface area contributed by atoms with E-state index in [1.807, 2.05) is 0 Å². The molecule has 3 N–H and O–H groups in total. The Kier molecular flexibility index (Phi) is 10.7. The summed E-state index contributed by atoms with van der Waals surface area (Å²) in [6, 6.07) is 0. The third-order valence-electron chi connectivity index (χ3n) is 11.8. The molecule has 0 spiro atoms. The molecule has 4 aliphatic rings. The molecule has 0 unspecified atom stereocenters. The van der Waals surface area contributed by atoms with Gasteiger partial charge in [0.15, 0.2) is 6.29 Å². The lowest BCUT2D eigenvalue weighted by Crippen LogP contribution is -2.51. The van der Waals surface area contributed by atoms with Crippen molar-refractivity contribution in [3.63, 3.8) is 0 Å². The lowest BCUT2D eigenvalue weighted by Gasteiger charge is -2.58. The fourth-order valence-corrected chi connectivity index (χ4v) is 9.59. The van der Waals surface area contributed by atoms with Gasteiger partial charge in [0, 0.05) is 19.6 Å². The van der Waals surface area contributed by atoms with Crippen molar-refractivity contribution in [2.45, 2.75) is 118 Å². The van der Waals surface area contributed by atoms with E-state index in [1.54, 1.807) is 11.9 Å². The lowest BCUT2D eigenvalue weighted by atomic mass is 9.47. The predicted molar refractivity (Wildman–Crippen MR) is 158 cm³/mol. The zero-order chi connectivity index (χ0) is 29.1. The van der Waals surface area contributed by atoms with E-state index in [1.165, 1.54) is 56.9 Å². The van der Waals surface area contributed by atoms with Gasteiger partial charge in [0.1, 0.15) is 6.10 Å². The molecule has 230 valence electrons. The molecule has 7 nitrogen and oxygen atoms in total. The third-order valence-corrected chi connectivity index (χ3v) is 11.8. The Morgan fingerprint density at radius 1 is 1.10 bits per heavy atom. The SMILES string of the molecule is CC(C)CCC[C@@H](C)[C@H]1CC[C@H]2[C@@H]3CC=C4C[C@@H](OOC(=O)NCCN(C)CC(O)O)CC[C@]4(C)[C@H]3CC[C@]12C. The van der Waals surface area contributed by atoms with Crippen molar-refractivity contribution in [1.82, 2.24) is 10.2 Å². The zero-order valence-electron chi connectivity index (χ0n) is 26.2. The van der Waals surface area contributed by atoms with Crippen molar-refractivity contribution in [3.8, 4) is 0 Å². The number of likely N-dealkylation sites (N-methyl/N-ethyl adjacent to an activating group) is 1. The van der Waals surface area contributed by atoms with Crippen LogP contribution in [-0.2, 0) is 9.78 Å². The first-order valence-electron chi connectivity index (χ1n) is 16.3. The van der Waals surface area contributed by atoms with E-state index in [0.717, 1.165) is 54.8 Å². The highest BCUT2D eigenvalue weighted by Gasteiger charge is 2.59. The molecule has 40 heavy (non-hydrogen) atoms. The Hall–Kier alpha value is -1.15. The van der Waals surface area contributed by atoms with Gasteiger partial charge in [0.05, 0.1) is 0 Å². The van der Waals surface area contributed by atoms with Crippen LogP contribution in [0.1, 0.15) is 105 Å². The van der Waals surface area contributed by atoms with Crippen molar-refractivity contribution in [1.29, 1.82) is 0 Å². The van der Waals surface area contributed by atoms with Crippen LogP contribution in [0.4, 0.5) is 4.79 Å². The van der Waals surface area contributed by atoms with Gasteiger partial charge in [-0.1, -0.05) is 65.5 Å². The van der Waals surface area contributed by atoms with Crippen LogP contribution in [0.15, 0.2) is 11.6 Å². The number of aliphatic hydroxyl groups excluding tert-OH is 1. The predicted octanol–water partition coefficient (Wildman–Crippen LogP) is 6.30. The van der Waals surface area contributed by atoms with E-state index in [4.69, 9.17) is 20.0 Å². The molecular formula is C33H58N2O5. The maximum absolute atomic E-state index is 12.1. The van der Waals surface area contributed by atoms with E-state index in [-0.39, 0.29) is 18.1 Å². The zero-order valence-corrected chi connectivity index (χ0v) is 26.2. The number of aliphatic hydroxyl groups is 2. The molecular weight excluding hydrogens is 504 g/mol. The molecule has 1 amide bonds. The van der Waals surface area contributed by atoms with Crippen LogP contribution < -0.4 is 5.32 Å². The molecule has 0 bridgehead atoms. The van der Waals surface area contributed by atoms with Crippen LogP contribution in [-0.4, -0.2) is 60.3 Å². The number of fused-ring (bicyclic) bond motifs is 5. The maximum Gasteiger partial charge on any atom is 0.438 e. The normalized spacial score (nSPS) is 36.2. The molecule has 0 aromatic carbocycles. The van der Waals surface area contributed by atoms with E-state index in [9.17, 15) is 4.79 Å². The summed E-state index contributed by atoms with van der Waals surface area (Å²) in [4.78, 5) is 24.6. The Bertz CT molecular complexity index is 877. The molecule has 0 aliphatic heterocycles. The van der Waals surface area contributed by atoms with Crippen molar-refractivity contribution in [3.05, 3.63) is 11.6 Å².